The maximum absolute atomic E-state index is 12.6. The minimum absolute atomic E-state index is 0.00996. The van der Waals surface area contributed by atoms with Crippen LogP contribution in [0.15, 0.2) is 66.7 Å². The van der Waals surface area contributed by atoms with Crippen LogP contribution in [-0.2, 0) is 14.6 Å². The molecule has 0 aliphatic rings. The molecule has 0 radical (unpaired) electrons. The van der Waals surface area contributed by atoms with Crippen molar-refractivity contribution in [3.63, 3.8) is 0 Å². The molecule has 0 fully saturated rings. The van der Waals surface area contributed by atoms with E-state index < -0.39 is 17.9 Å². The molecule has 0 saturated heterocycles. The van der Waals surface area contributed by atoms with Crippen LogP contribution in [0, 0.1) is 0 Å². The van der Waals surface area contributed by atoms with Crippen molar-refractivity contribution in [2.24, 2.45) is 0 Å². The lowest BCUT2D eigenvalue weighted by Gasteiger charge is -2.11. The number of fused-ring (bicyclic) bond motifs is 1. The summed E-state index contributed by atoms with van der Waals surface area (Å²) in [4.78, 5) is 45.6. The molecule has 0 saturated carbocycles. The van der Waals surface area contributed by atoms with Gasteiger partial charge in [-0.3, -0.25) is 4.79 Å². The maximum Gasteiger partial charge on any atom is 0.390 e. The molecule has 3 aromatic carbocycles. The van der Waals surface area contributed by atoms with Gasteiger partial charge in [-0.05, 0) is 23.6 Å². The predicted octanol–water partition coefficient (Wildman–Crippen LogP) is 4.08. The van der Waals surface area contributed by atoms with Crippen LogP contribution < -0.4 is 4.74 Å². The number of benzene rings is 3. The van der Waals surface area contributed by atoms with Gasteiger partial charge in [-0.15, -0.1) is 0 Å². The first-order chi connectivity index (χ1) is 13.1. The Bertz CT molecular complexity index is 994. The third-order valence-corrected chi connectivity index (χ3v) is 3.81. The van der Waals surface area contributed by atoms with E-state index in [1.54, 1.807) is 49.4 Å². The Labute approximate surface area is 155 Å². The highest BCUT2D eigenvalue weighted by Gasteiger charge is 2.22. The molecule has 0 spiro atoms. The maximum atomic E-state index is 12.6. The van der Waals surface area contributed by atoms with E-state index >= 15 is 0 Å². The summed E-state index contributed by atoms with van der Waals surface area (Å²) in [6, 6.07) is 18.4. The minimum atomic E-state index is -0.935. The Morgan fingerprint density at radius 2 is 1.44 bits per heavy atom. The van der Waals surface area contributed by atoms with E-state index in [4.69, 9.17) is 9.62 Å². The van der Waals surface area contributed by atoms with E-state index in [0.717, 1.165) is 5.39 Å². The van der Waals surface area contributed by atoms with Crippen LogP contribution in [-0.4, -0.2) is 17.9 Å². The van der Waals surface area contributed by atoms with Gasteiger partial charge in [-0.1, -0.05) is 55.5 Å². The van der Waals surface area contributed by atoms with Crippen molar-refractivity contribution in [1.82, 2.24) is 0 Å². The van der Waals surface area contributed by atoms with Gasteiger partial charge in [0.1, 0.15) is 11.3 Å². The second kappa shape index (κ2) is 8.14. The summed E-state index contributed by atoms with van der Waals surface area (Å²) < 4.78 is 5.24. The predicted molar refractivity (Wildman–Crippen MR) is 97.1 cm³/mol. The second-order valence-corrected chi connectivity index (χ2v) is 5.60. The molecule has 0 atom stereocenters. The normalized spacial score (nSPS) is 10.3. The third kappa shape index (κ3) is 4.12. The largest absolute Gasteiger partial charge is 0.426 e. The van der Waals surface area contributed by atoms with Crippen LogP contribution in [0.5, 0.6) is 5.75 Å². The summed E-state index contributed by atoms with van der Waals surface area (Å²) in [6.45, 7) is 1.64. The van der Waals surface area contributed by atoms with E-state index in [9.17, 15) is 14.4 Å². The number of rotatable bonds is 4. The fourth-order valence-corrected chi connectivity index (χ4v) is 2.48. The van der Waals surface area contributed by atoms with Crippen LogP contribution in [0.1, 0.15) is 34.1 Å². The molecule has 6 heteroatoms. The van der Waals surface area contributed by atoms with Crippen molar-refractivity contribution < 1.29 is 28.9 Å². The fourth-order valence-electron chi connectivity index (χ4n) is 2.48. The topological polar surface area (TPSA) is 78.9 Å². The highest BCUT2D eigenvalue weighted by atomic mass is 17.2. The molecule has 0 amide bonds. The van der Waals surface area contributed by atoms with Crippen LogP contribution >= 0.6 is 0 Å². The molecule has 0 aliphatic carbocycles. The molecule has 0 aromatic heterocycles. The molecule has 27 heavy (non-hydrogen) atoms. The van der Waals surface area contributed by atoms with Gasteiger partial charge in [0.2, 0.25) is 0 Å². The second-order valence-electron chi connectivity index (χ2n) is 5.60. The van der Waals surface area contributed by atoms with Gasteiger partial charge >= 0.3 is 17.9 Å². The number of carbonyl (C=O) groups excluding carboxylic acids is 3. The lowest BCUT2D eigenvalue weighted by atomic mass is 10.0. The van der Waals surface area contributed by atoms with Crippen LogP contribution in [0.2, 0.25) is 0 Å². The van der Waals surface area contributed by atoms with Crippen molar-refractivity contribution in [3.05, 3.63) is 77.9 Å². The molecule has 0 unspecified atom stereocenters. The van der Waals surface area contributed by atoms with Crippen LogP contribution in [0.25, 0.3) is 10.8 Å². The van der Waals surface area contributed by atoms with Gasteiger partial charge in [0.15, 0.2) is 0 Å². The highest BCUT2D eigenvalue weighted by molar-refractivity contribution is 6.07. The number of carbonyl (C=O) groups is 3. The highest BCUT2D eigenvalue weighted by Crippen LogP contribution is 2.29. The average Bonchev–Trinajstić information content (AvgIpc) is 2.72. The van der Waals surface area contributed by atoms with E-state index in [1.165, 1.54) is 18.2 Å². The van der Waals surface area contributed by atoms with Crippen LogP contribution in [0.4, 0.5) is 0 Å². The third-order valence-electron chi connectivity index (χ3n) is 3.81. The van der Waals surface area contributed by atoms with E-state index in [0.29, 0.717) is 5.39 Å². The number of hydrogen-bond donors (Lipinski definition) is 0. The van der Waals surface area contributed by atoms with Gasteiger partial charge in [0.05, 0.1) is 5.56 Å². The SMILES string of the molecule is CCC(=O)Oc1ccc2ccccc2c1C(=O)OOC(=O)c1ccccc1. The smallest absolute Gasteiger partial charge is 0.390 e. The Kier molecular flexibility index (Phi) is 5.47. The minimum Gasteiger partial charge on any atom is -0.426 e. The summed E-state index contributed by atoms with van der Waals surface area (Å²) in [6.07, 6.45) is 0.143. The molecule has 0 N–H and O–H groups in total. The first-order valence-corrected chi connectivity index (χ1v) is 8.30. The zero-order valence-corrected chi connectivity index (χ0v) is 14.5. The molecular formula is C21H16O6. The van der Waals surface area contributed by atoms with Crippen molar-refractivity contribution in [2.45, 2.75) is 13.3 Å². The fraction of sp³-hybridized carbons (Fsp3) is 0.0952. The summed E-state index contributed by atoms with van der Waals surface area (Å²) in [5.41, 5.74) is 0.247. The summed E-state index contributed by atoms with van der Waals surface area (Å²) >= 11 is 0. The molecule has 136 valence electrons. The Morgan fingerprint density at radius 1 is 0.778 bits per heavy atom. The molecular weight excluding hydrogens is 348 g/mol. The van der Waals surface area contributed by atoms with E-state index in [2.05, 4.69) is 4.89 Å². The van der Waals surface area contributed by atoms with Gasteiger partial charge in [-0.25, -0.2) is 19.4 Å². The van der Waals surface area contributed by atoms with Crippen molar-refractivity contribution in [1.29, 1.82) is 0 Å². The molecule has 0 heterocycles. The molecule has 0 bridgehead atoms. The number of ether oxygens (including phenoxy) is 1. The zero-order valence-electron chi connectivity index (χ0n) is 14.5. The standard InChI is InChI=1S/C21H16O6/c1-2-18(22)25-17-13-12-14-8-6-7-11-16(14)19(17)21(24)27-26-20(23)15-9-4-3-5-10-15/h3-13H,2H2,1H3. The monoisotopic (exact) mass is 364 g/mol. The van der Waals surface area contributed by atoms with Crippen molar-refractivity contribution >= 4 is 28.7 Å². The lowest BCUT2D eigenvalue weighted by Crippen LogP contribution is -2.15. The first kappa shape index (κ1) is 18.1. The average molecular weight is 364 g/mol. The zero-order chi connectivity index (χ0) is 19.2. The summed E-state index contributed by atoms with van der Waals surface area (Å²) in [7, 11) is 0. The van der Waals surface area contributed by atoms with Gasteiger partial charge < -0.3 is 4.74 Å². The van der Waals surface area contributed by atoms with E-state index in [1.807, 2.05) is 6.07 Å². The van der Waals surface area contributed by atoms with Crippen LogP contribution in [0.3, 0.4) is 0 Å². The van der Waals surface area contributed by atoms with Gasteiger partial charge in [0.25, 0.3) is 0 Å². The quantitative estimate of drug-likeness (QED) is 0.300. The van der Waals surface area contributed by atoms with Crippen molar-refractivity contribution in [2.75, 3.05) is 0 Å². The van der Waals surface area contributed by atoms with Gasteiger partial charge in [-0.2, -0.15) is 0 Å². The Morgan fingerprint density at radius 3 is 2.19 bits per heavy atom. The number of hydrogen-bond acceptors (Lipinski definition) is 6. The molecule has 3 aromatic rings. The Hall–Kier alpha value is -3.67. The summed E-state index contributed by atoms with van der Waals surface area (Å²) in [5.74, 6) is -2.20. The first-order valence-electron chi connectivity index (χ1n) is 8.30. The lowest BCUT2D eigenvalue weighted by molar-refractivity contribution is -0.187. The molecule has 0 aliphatic heterocycles. The number of esters is 1. The van der Waals surface area contributed by atoms with Gasteiger partial charge in [0, 0.05) is 11.8 Å². The van der Waals surface area contributed by atoms with Crippen molar-refractivity contribution in [3.8, 4) is 5.75 Å². The van der Waals surface area contributed by atoms with E-state index in [-0.39, 0.29) is 23.3 Å². The molecule has 6 nitrogen and oxygen atoms in total. The summed E-state index contributed by atoms with van der Waals surface area (Å²) in [5, 5.41) is 1.26. The molecule has 3 rings (SSSR count). The Balaban J connectivity index is 1.89.